The maximum absolute atomic E-state index is 12.4. The average Bonchev–Trinajstić information content (AvgIpc) is 2.68. The van der Waals surface area contributed by atoms with Gasteiger partial charge in [0.1, 0.15) is 0 Å². The summed E-state index contributed by atoms with van der Waals surface area (Å²) in [5, 5.41) is 14.1. The topological polar surface area (TPSA) is 119 Å². The molecule has 3 rings (SSSR count). The molecular formula is C19H26N4O4. The highest BCUT2D eigenvalue weighted by Crippen LogP contribution is 2.28. The van der Waals surface area contributed by atoms with E-state index in [1.54, 1.807) is 6.07 Å². The number of hydrogen-bond acceptors (Lipinski definition) is 5. The van der Waals surface area contributed by atoms with E-state index in [4.69, 9.17) is 5.73 Å². The van der Waals surface area contributed by atoms with Crippen LogP contribution in [0.1, 0.15) is 55.3 Å². The molecule has 0 spiro atoms. The van der Waals surface area contributed by atoms with Crippen LogP contribution in [0.5, 0.6) is 0 Å². The van der Waals surface area contributed by atoms with Gasteiger partial charge in [0, 0.05) is 37.2 Å². The van der Waals surface area contributed by atoms with Crippen molar-refractivity contribution in [1.82, 2.24) is 5.32 Å². The Kier molecular flexibility index (Phi) is 5.93. The molecule has 1 aromatic rings. The highest BCUT2D eigenvalue weighted by molar-refractivity contribution is 5.99. The van der Waals surface area contributed by atoms with Gasteiger partial charge in [0.2, 0.25) is 5.91 Å². The molecule has 0 atom stereocenters. The minimum absolute atomic E-state index is 0.130. The van der Waals surface area contributed by atoms with E-state index in [1.807, 2.05) is 4.90 Å². The zero-order chi connectivity index (χ0) is 19.4. The number of rotatable bonds is 5. The fourth-order valence-corrected chi connectivity index (χ4v) is 4.06. The molecule has 1 aliphatic carbocycles. The molecule has 8 nitrogen and oxygen atoms in total. The van der Waals surface area contributed by atoms with Crippen molar-refractivity contribution in [2.24, 2.45) is 11.7 Å². The maximum atomic E-state index is 12.4. The number of nitrogens with two attached hydrogens (primary N) is 1. The molecule has 27 heavy (non-hydrogen) atoms. The molecule has 0 radical (unpaired) electrons. The lowest BCUT2D eigenvalue weighted by atomic mass is 9.88. The summed E-state index contributed by atoms with van der Waals surface area (Å²) < 4.78 is 0. The predicted octanol–water partition coefficient (Wildman–Crippen LogP) is 2.36. The number of anilines is 1. The summed E-state index contributed by atoms with van der Waals surface area (Å²) in [7, 11) is 0. The van der Waals surface area contributed by atoms with Crippen LogP contribution in [0.3, 0.4) is 0 Å². The Hall–Kier alpha value is -2.64. The maximum Gasteiger partial charge on any atom is 0.270 e. The van der Waals surface area contributed by atoms with Gasteiger partial charge in [-0.05, 0) is 31.7 Å². The van der Waals surface area contributed by atoms with Crippen molar-refractivity contribution in [2.75, 3.05) is 18.0 Å². The number of carbonyl (C=O) groups excluding carboxylic acids is 2. The molecule has 1 saturated carbocycles. The second kappa shape index (κ2) is 8.37. The molecule has 3 N–H and O–H groups in total. The Bertz CT molecular complexity index is 722. The molecule has 0 unspecified atom stereocenters. The van der Waals surface area contributed by atoms with Gasteiger partial charge in [-0.1, -0.05) is 19.3 Å². The lowest BCUT2D eigenvalue weighted by Crippen LogP contribution is -2.47. The summed E-state index contributed by atoms with van der Waals surface area (Å²) in [6, 6.07) is 4.33. The van der Waals surface area contributed by atoms with Crippen molar-refractivity contribution < 1.29 is 14.5 Å². The molecule has 8 heteroatoms. The zero-order valence-corrected chi connectivity index (χ0v) is 15.4. The molecule has 146 valence electrons. The SMILES string of the molecule is NC(=O)c1cc([N+](=O)[O-])ccc1N1CCC(NC(=O)C2CCCCC2)CC1. The van der Waals surface area contributed by atoms with E-state index in [2.05, 4.69) is 5.32 Å². The van der Waals surface area contributed by atoms with Gasteiger partial charge in [-0.2, -0.15) is 0 Å². The quantitative estimate of drug-likeness (QED) is 0.606. The number of amides is 2. The van der Waals surface area contributed by atoms with Crippen molar-refractivity contribution in [3.05, 3.63) is 33.9 Å². The number of primary amides is 1. The molecule has 2 amide bonds. The van der Waals surface area contributed by atoms with Gasteiger partial charge in [-0.3, -0.25) is 19.7 Å². The third-order valence-electron chi connectivity index (χ3n) is 5.61. The lowest BCUT2D eigenvalue weighted by molar-refractivity contribution is -0.384. The number of nitrogens with zero attached hydrogens (tertiary/aromatic N) is 2. The van der Waals surface area contributed by atoms with Gasteiger partial charge in [0.05, 0.1) is 16.2 Å². The van der Waals surface area contributed by atoms with Crippen LogP contribution in [0.4, 0.5) is 11.4 Å². The van der Waals surface area contributed by atoms with Crippen LogP contribution in [-0.2, 0) is 4.79 Å². The van der Waals surface area contributed by atoms with Crippen molar-refractivity contribution in [3.63, 3.8) is 0 Å². The summed E-state index contributed by atoms with van der Waals surface area (Å²) in [4.78, 5) is 36.6. The van der Waals surface area contributed by atoms with Crippen LogP contribution in [0.25, 0.3) is 0 Å². The van der Waals surface area contributed by atoms with E-state index >= 15 is 0 Å². The van der Waals surface area contributed by atoms with Gasteiger partial charge < -0.3 is 16.0 Å². The molecule has 1 aliphatic heterocycles. The van der Waals surface area contributed by atoms with Crippen LogP contribution >= 0.6 is 0 Å². The normalized spacial score (nSPS) is 18.9. The Balaban J connectivity index is 1.61. The van der Waals surface area contributed by atoms with Gasteiger partial charge in [-0.25, -0.2) is 0 Å². The Morgan fingerprint density at radius 1 is 1.11 bits per heavy atom. The molecule has 2 aliphatic rings. The van der Waals surface area contributed by atoms with Crippen LogP contribution < -0.4 is 16.0 Å². The Morgan fingerprint density at radius 3 is 2.37 bits per heavy atom. The third-order valence-corrected chi connectivity index (χ3v) is 5.61. The van der Waals surface area contributed by atoms with Gasteiger partial charge in [0.25, 0.3) is 11.6 Å². The molecule has 0 aromatic heterocycles. The average molecular weight is 374 g/mol. The van der Waals surface area contributed by atoms with E-state index in [1.165, 1.54) is 18.6 Å². The number of hydrogen-bond donors (Lipinski definition) is 2. The van der Waals surface area contributed by atoms with Gasteiger partial charge in [0.15, 0.2) is 0 Å². The fourth-order valence-electron chi connectivity index (χ4n) is 4.06. The monoisotopic (exact) mass is 374 g/mol. The number of piperidine rings is 1. The van der Waals surface area contributed by atoms with Crippen LogP contribution in [0.2, 0.25) is 0 Å². The third kappa shape index (κ3) is 4.56. The summed E-state index contributed by atoms with van der Waals surface area (Å²) >= 11 is 0. The minimum atomic E-state index is -0.679. The summed E-state index contributed by atoms with van der Waals surface area (Å²) in [5.41, 5.74) is 6.05. The Morgan fingerprint density at radius 2 is 1.78 bits per heavy atom. The Labute approximate surface area is 158 Å². The van der Waals surface area contributed by atoms with E-state index in [0.717, 1.165) is 38.5 Å². The summed E-state index contributed by atoms with van der Waals surface area (Å²) in [6.07, 6.45) is 6.99. The van der Waals surface area contributed by atoms with Crippen molar-refractivity contribution >= 4 is 23.2 Å². The molecule has 1 aromatic carbocycles. The van der Waals surface area contributed by atoms with E-state index in [9.17, 15) is 19.7 Å². The number of nitrogens with one attached hydrogen (secondary N) is 1. The standard InChI is InChI=1S/C19H26N4O4/c20-18(24)16-12-15(23(26)27)6-7-17(16)22-10-8-14(9-11-22)21-19(25)13-4-2-1-3-5-13/h6-7,12-14H,1-5,8-11H2,(H2,20,24)(H,21,25). The van der Waals surface area contributed by atoms with Gasteiger partial charge >= 0.3 is 0 Å². The van der Waals surface area contributed by atoms with E-state index in [-0.39, 0.29) is 29.1 Å². The van der Waals surface area contributed by atoms with Crippen molar-refractivity contribution in [1.29, 1.82) is 0 Å². The fraction of sp³-hybridized carbons (Fsp3) is 0.579. The van der Waals surface area contributed by atoms with Crippen LogP contribution in [-0.4, -0.2) is 35.9 Å². The first-order valence-corrected chi connectivity index (χ1v) is 9.59. The molecule has 1 saturated heterocycles. The molecule has 1 heterocycles. The zero-order valence-electron chi connectivity index (χ0n) is 15.4. The minimum Gasteiger partial charge on any atom is -0.371 e. The first-order valence-electron chi connectivity index (χ1n) is 9.59. The second-order valence-corrected chi connectivity index (χ2v) is 7.43. The summed E-state index contributed by atoms with van der Waals surface area (Å²) in [5.74, 6) is -0.365. The smallest absolute Gasteiger partial charge is 0.270 e. The lowest BCUT2D eigenvalue weighted by Gasteiger charge is -2.35. The number of carbonyl (C=O) groups is 2. The van der Waals surface area contributed by atoms with E-state index < -0.39 is 10.8 Å². The van der Waals surface area contributed by atoms with Crippen molar-refractivity contribution in [2.45, 2.75) is 51.0 Å². The highest BCUT2D eigenvalue weighted by atomic mass is 16.6. The number of benzene rings is 1. The van der Waals surface area contributed by atoms with Gasteiger partial charge in [-0.15, -0.1) is 0 Å². The van der Waals surface area contributed by atoms with Crippen molar-refractivity contribution in [3.8, 4) is 0 Å². The first kappa shape index (κ1) is 19.1. The highest BCUT2D eigenvalue weighted by Gasteiger charge is 2.27. The van der Waals surface area contributed by atoms with Crippen LogP contribution in [0, 0.1) is 16.0 Å². The van der Waals surface area contributed by atoms with Crippen LogP contribution in [0.15, 0.2) is 18.2 Å². The number of nitro groups is 1. The number of nitro benzene ring substituents is 1. The van der Waals surface area contributed by atoms with E-state index in [0.29, 0.717) is 18.8 Å². The number of non-ortho nitro benzene ring substituents is 1. The predicted molar refractivity (Wildman–Crippen MR) is 102 cm³/mol. The largest absolute Gasteiger partial charge is 0.371 e. The first-order chi connectivity index (χ1) is 13.0. The molecule has 2 fully saturated rings. The summed E-state index contributed by atoms with van der Waals surface area (Å²) in [6.45, 7) is 1.32. The molecular weight excluding hydrogens is 348 g/mol. The second-order valence-electron chi connectivity index (χ2n) is 7.43. The molecule has 0 bridgehead atoms.